The van der Waals surface area contributed by atoms with Gasteiger partial charge in [0.1, 0.15) is 0 Å². The molecule has 0 aromatic heterocycles. The molecule has 0 aliphatic carbocycles. The SMILES string of the molecule is O=C(CC(=O)C(P)(P)P)NNc1ccc(NC(=S)Nc2ccccc2)cc1. The van der Waals surface area contributed by atoms with Crippen molar-refractivity contribution in [3.63, 3.8) is 0 Å². The van der Waals surface area contributed by atoms with E-state index in [4.69, 9.17) is 12.2 Å². The van der Waals surface area contributed by atoms with Crippen LogP contribution in [0.2, 0.25) is 0 Å². The molecule has 10 heteroatoms. The molecule has 0 saturated carbocycles. The van der Waals surface area contributed by atoms with Crippen molar-refractivity contribution in [1.82, 2.24) is 5.43 Å². The van der Waals surface area contributed by atoms with Crippen molar-refractivity contribution in [3.05, 3.63) is 54.6 Å². The Labute approximate surface area is 170 Å². The van der Waals surface area contributed by atoms with E-state index in [0.717, 1.165) is 11.4 Å². The van der Waals surface area contributed by atoms with Crippen molar-refractivity contribution in [2.24, 2.45) is 0 Å². The summed E-state index contributed by atoms with van der Waals surface area (Å²) >= 11 is 5.27. The monoisotopic (exact) mass is 438 g/mol. The summed E-state index contributed by atoms with van der Waals surface area (Å²) in [4.78, 5) is 23.6. The quantitative estimate of drug-likeness (QED) is 0.230. The van der Waals surface area contributed by atoms with E-state index in [2.05, 4.69) is 49.2 Å². The third-order valence-corrected chi connectivity index (χ3v) is 4.49. The number of nitrogens with one attached hydrogen (secondary N) is 4. The first-order valence-electron chi connectivity index (χ1n) is 7.92. The number of rotatable bonds is 7. The summed E-state index contributed by atoms with van der Waals surface area (Å²) in [6, 6.07) is 16.8. The molecule has 0 heterocycles. The molecule has 6 nitrogen and oxygen atoms in total. The van der Waals surface area contributed by atoms with Crippen molar-refractivity contribution in [2.75, 3.05) is 16.1 Å². The fourth-order valence-corrected chi connectivity index (χ4v) is 2.48. The highest BCUT2D eigenvalue weighted by Gasteiger charge is 2.24. The minimum atomic E-state index is -0.781. The minimum absolute atomic E-state index is 0.220. The number of carbonyl (C=O) groups is 2. The van der Waals surface area contributed by atoms with E-state index in [-0.39, 0.29) is 12.2 Å². The van der Waals surface area contributed by atoms with Crippen LogP contribution in [0.5, 0.6) is 0 Å². The van der Waals surface area contributed by atoms with Gasteiger partial charge in [-0.1, -0.05) is 18.2 Å². The van der Waals surface area contributed by atoms with Gasteiger partial charge >= 0.3 is 0 Å². The van der Waals surface area contributed by atoms with Gasteiger partial charge in [0.2, 0.25) is 5.91 Å². The Hall–Kier alpha value is -1.64. The van der Waals surface area contributed by atoms with Crippen LogP contribution in [0.15, 0.2) is 54.6 Å². The van der Waals surface area contributed by atoms with Gasteiger partial charge in [0.15, 0.2) is 10.9 Å². The zero-order chi connectivity index (χ0) is 19.9. The lowest BCUT2D eigenvalue weighted by atomic mass is 10.3. The molecule has 27 heavy (non-hydrogen) atoms. The summed E-state index contributed by atoms with van der Waals surface area (Å²) in [5.74, 6) is -0.632. The number of benzene rings is 2. The smallest absolute Gasteiger partial charge is 0.245 e. The number of hydrogen-bond acceptors (Lipinski definition) is 4. The highest BCUT2D eigenvalue weighted by Crippen LogP contribution is 2.36. The highest BCUT2D eigenvalue weighted by atomic mass is 32.1. The molecule has 0 aliphatic heterocycles. The molecule has 3 atom stereocenters. The number of anilines is 3. The van der Waals surface area contributed by atoms with Crippen molar-refractivity contribution < 1.29 is 9.59 Å². The first-order valence-corrected chi connectivity index (χ1v) is 10.1. The zero-order valence-electron chi connectivity index (χ0n) is 14.4. The molecule has 0 spiro atoms. The number of amides is 1. The molecule has 4 N–H and O–H groups in total. The van der Waals surface area contributed by atoms with Gasteiger partial charge in [-0.3, -0.25) is 20.4 Å². The lowest BCUT2D eigenvalue weighted by Gasteiger charge is -2.16. The Morgan fingerprint density at radius 1 is 0.852 bits per heavy atom. The zero-order valence-corrected chi connectivity index (χ0v) is 18.6. The molecule has 2 rings (SSSR count). The van der Waals surface area contributed by atoms with Gasteiger partial charge < -0.3 is 10.6 Å². The summed E-state index contributed by atoms with van der Waals surface area (Å²) < 4.78 is -0.781. The first-order chi connectivity index (χ1) is 12.7. The maximum Gasteiger partial charge on any atom is 0.245 e. The van der Waals surface area contributed by atoms with Gasteiger partial charge in [-0.2, -0.15) is 0 Å². The average Bonchev–Trinajstić information content (AvgIpc) is 2.61. The standard InChI is InChI=1S/C17H21N4O2P3S/c22-14(17(24,25)26)10-15(23)21-20-13-8-6-12(7-9-13)19-16(27)18-11-4-2-1-3-5-11/h1-9,20H,10,24-26H2,(H,21,23)(H2,18,19,27). The van der Waals surface area contributed by atoms with Gasteiger partial charge in [-0.25, -0.2) is 0 Å². The van der Waals surface area contributed by atoms with Crippen molar-refractivity contribution in [2.45, 2.75) is 11.1 Å². The van der Waals surface area contributed by atoms with Crippen LogP contribution in [0.1, 0.15) is 6.42 Å². The summed E-state index contributed by atoms with van der Waals surface area (Å²) in [7, 11) is 7.09. The summed E-state index contributed by atoms with van der Waals surface area (Å²) in [5, 5.41) is 6.64. The number of ketones is 1. The molecular weight excluding hydrogens is 417 g/mol. The van der Waals surface area contributed by atoms with Crippen LogP contribution in [-0.2, 0) is 9.59 Å². The van der Waals surface area contributed by atoms with Gasteiger partial charge in [-0.05, 0) is 48.6 Å². The van der Waals surface area contributed by atoms with Gasteiger partial charge in [0.05, 0.1) is 16.7 Å². The Balaban J connectivity index is 1.80. The minimum Gasteiger partial charge on any atom is -0.332 e. The van der Waals surface area contributed by atoms with Crippen LogP contribution in [0.4, 0.5) is 17.1 Å². The van der Waals surface area contributed by atoms with E-state index in [9.17, 15) is 9.59 Å². The summed E-state index contributed by atoms with van der Waals surface area (Å²) in [5.41, 5.74) is 7.65. The Morgan fingerprint density at radius 2 is 1.37 bits per heavy atom. The molecular formula is C17H21N4O2P3S. The van der Waals surface area contributed by atoms with Crippen LogP contribution in [0.25, 0.3) is 0 Å². The lowest BCUT2D eigenvalue weighted by Crippen LogP contribution is -2.33. The van der Waals surface area contributed by atoms with Crippen molar-refractivity contribution >= 4 is 73.8 Å². The van der Waals surface area contributed by atoms with Gasteiger partial charge in [0.25, 0.3) is 0 Å². The summed E-state index contributed by atoms with van der Waals surface area (Å²) in [6.45, 7) is 0. The normalized spacial score (nSPS) is 10.6. The first kappa shape index (κ1) is 21.7. The lowest BCUT2D eigenvalue weighted by molar-refractivity contribution is -0.127. The Morgan fingerprint density at radius 3 is 1.93 bits per heavy atom. The second-order valence-corrected chi connectivity index (χ2v) is 11.0. The molecule has 0 aliphatic rings. The average molecular weight is 438 g/mol. The van der Waals surface area contributed by atoms with Crippen LogP contribution in [0.3, 0.4) is 0 Å². The molecule has 0 radical (unpaired) electrons. The van der Waals surface area contributed by atoms with E-state index in [0.29, 0.717) is 10.8 Å². The summed E-state index contributed by atoms with van der Waals surface area (Å²) in [6.07, 6.45) is -0.220. The van der Waals surface area contributed by atoms with E-state index in [1.165, 1.54) is 0 Å². The van der Waals surface area contributed by atoms with Crippen molar-refractivity contribution in [1.29, 1.82) is 0 Å². The van der Waals surface area contributed by atoms with E-state index in [1.54, 1.807) is 12.1 Å². The molecule has 0 fully saturated rings. The second kappa shape index (κ2) is 10.1. The molecule has 0 bridgehead atoms. The molecule has 0 saturated heterocycles. The third kappa shape index (κ3) is 7.86. The van der Waals surface area contributed by atoms with Crippen LogP contribution >= 0.6 is 39.9 Å². The fraction of sp³-hybridized carbons (Fsp3) is 0.118. The van der Waals surface area contributed by atoms with E-state index < -0.39 is 10.5 Å². The number of hydrazine groups is 1. The number of para-hydroxylation sites is 1. The van der Waals surface area contributed by atoms with Crippen LogP contribution < -0.4 is 21.5 Å². The fourth-order valence-electron chi connectivity index (χ4n) is 1.94. The second-order valence-electron chi connectivity index (χ2n) is 5.73. The molecule has 2 aromatic carbocycles. The topological polar surface area (TPSA) is 82.3 Å². The van der Waals surface area contributed by atoms with Gasteiger partial charge in [-0.15, -0.1) is 27.7 Å². The van der Waals surface area contributed by atoms with Crippen LogP contribution in [0, 0.1) is 0 Å². The maximum absolute atomic E-state index is 11.8. The van der Waals surface area contributed by atoms with E-state index >= 15 is 0 Å². The molecule has 2 aromatic rings. The molecule has 142 valence electrons. The Kier molecular flexibility index (Phi) is 8.07. The largest absolute Gasteiger partial charge is 0.332 e. The molecule has 3 unspecified atom stereocenters. The highest BCUT2D eigenvalue weighted by molar-refractivity contribution is 7.80. The number of Topliss-reactive ketones (excluding diaryl/α,β-unsaturated/α-hetero) is 1. The Bertz CT molecular complexity index is 811. The van der Waals surface area contributed by atoms with Crippen LogP contribution in [-0.4, -0.2) is 21.4 Å². The van der Waals surface area contributed by atoms with E-state index in [1.807, 2.05) is 42.5 Å². The maximum atomic E-state index is 11.8. The predicted molar refractivity (Wildman–Crippen MR) is 126 cm³/mol. The number of thiocarbonyl (C=S) groups is 1. The number of carbonyl (C=O) groups excluding carboxylic acids is 2. The van der Waals surface area contributed by atoms with Crippen molar-refractivity contribution in [3.8, 4) is 0 Å². The predicted octanol–water partition coefficient (Wildman–Crippen LogP) is 3.18. The molecule has 1 amide bonds. The number of hydrogen-bond donors (Lipinski definition) is 4. The third-order valence-electron chi connectivity index (χ3n) is 3.32. The van der Waals surface area contributed by atoms with Gasteiger partial charge in [0, 0.05) is 11.4 Å².